The number of likely N-dealkylation sites (N-methyl/N-ethyl adjacent to an activating group) is 1. The van der Waals surface area contributed by atoms with Gasteiger partial charge < -0.3 is 18.9 Å². The van der Waals surface area contributed by atoms with E-state index in [0.717, 1.165) is 32.1 Å². The van der Waals surface area contributed by atoms with Gasteiger partial charge in [-0.05, 0) is 38.5 Å². The van der Waals surface area contributed by atoms with Crippen LogP contribution in [-0.2, 0) is 32.7 Å². The monoisotopic (exact) mass is 817 g/mol. The summed E-state index contributed by atoms with van der Waals surface area (Å²) in [6.45, 7) is 4.40. The lowest BCUT2D eigenvalue weighted by atomic mass is 10.0. The molecule has 0 saturated heterocycles. The van der Waals surface area contributed by atoms with Crippen LogP contribution in [-0.4, -0.2) is 74.9 Å². The maximum atomic E-state index is 12.7. The van der Waals surface area contributed by atoms with Gasteiger partial charge in [-0.25, -0.2) is 4.57 Å². The second-order valence-electron chi connectivity index (χ2n) is 17.1. The number of carbonyl (C=O) groups is 2. The SMILES string of the molecule is CCCCCCCCCC/C=C\CCCCCCCCCCCCCCCC(=O)OC(COC(=O)CCCCCCCCC)COP(=O)(O)OCC[N+](C)(C)C. The summed E-state index contributed by atoms with van der Waals surface area (Å²) >= 11 is 0. The molecule has 2 unspecified atom stereocenters. The van der Waals surface area contributed by atoms with Gasteiger partial charge in [-0.3, -0.25) is 18.6 Å². The van der Waals surface area contributed by atoms with Crippen molar-refractivity contribution in [2.45, 2.75) is 225 Å². The summed E-state index contributed by atoms with van der Waals surface area (Å²) in [7, 11) is 1.49. The van der Waals surface area contributed by atoms with E-state index in [9.17, 15) is 19.0 Å². The highest BCUT2D eigenvalue weighted by molar-refractivity contribution is 7.47. The van der Waals surface area contributed by atoms with E-state index in [0.29, 0.717) is 23.9 Å². The summed E-state index contributed by atoms with van der Waals surface area (Å²) in [5.74, 6) is -0.796. The van der Waals surface area contributed by atoms with Crippen LogP contribution in [0, 0.1) is 0 Å². The number of ether oxygens (including phenoxy) is 2. The number of allylic oxidation sites excluding steroid dienone is 2. The van der Waals surface area contributed by atoms with Crippen molar-refractivity contribution in [1.82, 2.24) is 0 Å². The number of quaternary nitrogens is 1. The van der Waals surface area contributed by atoms with Crippen LogP contribution in [0.25, 0.3) is 0 Å². The average Bonchev–Trinajstić information content (AvgIpc) is 3.15. The summed E-state index contributed by atoms with van der Waals surface area (Å²) in [6, 6.07) is 0. The number of hydrogen-bond acceptors (Lipinski definition) is 7. The fourth-order valence-electron chi connectivity index (χ4n) is 6.60. The van der Waals surface area contributed by atoms with Gasteiger partial charge >= 0.3 is 19.8 Å². The van der Waals surface area contributed by atoms with Crippen molar-refractivity contribution in [2.24, 2.45) is 0 Å². The van der Waals surface area contributed by atoms with Gasteiger partial charge in [-0.15, -0.1) is 0 Å². The molecule has 0 spiro atoms. The Bertz CT molecular complexity index is 969. The van der Waals surface area contributed by atoms with Crippen molar-refractivity contribution in [3.8, 4) is 0 Å². The third-order valence-corrected chi connectivity index (χ3v) is 11.3. The molecule has 9 nitrogen and oxygen atoms in total. The predicted molar refractivity (Wildman–Crippen MR) is 234 cm³/mol. The maximum absolute atomic E-state index is 12.7. The molecule has 0 aromatic carbocycles. The Hall–Kier alpha value is -1.25. The first-order valence-electron chi connectivity index (χ1n) is 23.4. The summed E-state index contributed by atoms with van der Waals surface area (Å²) in [6.07, 6.45) is 41.5. The molecule has 0 aliphatic carbocycles. The molecule has 1 N–H and O–H groups in total. The molecular weight excluding hydrogens is 725 g/mol. The normalized spacial score (nSPS) is 13.6. The van der Waals surface area contributed by atoms with Crippen molar-refractivity contribution in [2.75, 3.05) is 47.5 Å². The van der Waals surface area contributed by atoms with Crippen LogP contribution >= 0.6 is 7.82 Å². The van der Waals surface area contributed by atoms with Crippen LogP contribution in [0.15, 0.2) is 12.2 Å². The fraction of sp³-hybridized carbons (Fsp3) is 0.913. The summed E-state index contributed by atoms with van der Waals surface area (Å²) in [4.78, 5) is 35.2. The molecule has 0 amide bonds. The van der Waals surface area contributed by atoms with Gasteiger partial charge in [0, 0.05) is 12.8 Å². The molecule has 0 saturated carbocycles. The van der Waals surface area contributed by atoms with E-state index in [1.54, 1.807) is 0 Å². The smallest absolute Gasteiger partial charge is 0.462 e. The Morgan fingerprint density at radius 1 is 0.536 bits per heavy atom. The van der Waals surface area contributed by atoms with Crippen LogP contribution in [0.3, 0.4) is 0 Å². The molecule has 0 radical (unpaired) electrons. The van der Waals surface area contributed by atoms with Gasteiger partial charge in [0.15, 0.2) is 6.10 Å². The van der Waals surface area contributed by atoms with E-state index in [2.05, 4.69) is 26.0 Å². The molecule has 0 heterocycles. The Kier molecular flexibility index (Phi) is 38.3. The first kappa shape index (κ1) is 54.8. The van der Waals surface area contributed by atoms with Gasteiger partial charge in [0.05, 0.1) is 27.7 Å². The number of nitrogens with zero attached hydrogens (tertiary/aromatic N) is 1. The molecule has 0 rings (SSSR count). The highest BCUT2D eigenvalue weighted by atomic mass is 31.2. The molecular formula is C46H91NO8P+. The number of hydrogen-bond donors (Lipinski definition) is 1. The second kappa shape index (κ2) is 39.2. The van der Waals surface area contributed by atoms with Crippen LogP contribution in [0.1, 0.15) is 219 Å². The van der Waals surface area contributed by atoms with Crippen molar-refractivity contribution in [3.63, 3.8) is 0 Å². The van der Waals surface area contributed by atoms with Crippen LogP contribution in [0.4, 0.5) is 0 Å². The van der Waals surface area contributed by atoms with Gasteiger partial charge in [0.2, 0.25) is 0 Å². The number of esters is 2. The molecule has 0 aromatic rings. The minimum absolute atomic E-state index is 0.0348. The first-order chi connectivity index (χ1) is 27.0. The van der Waals surface area contributed by atoms with Crippen LogP contribution < -0.4 is 0 Å². The predicted octanol–water partition coefficient (Wildman–Crippen LogP) is 13.4. The molecule has 0 bridgehead atoms. The molecule has 0 aliphatic heterocycles. The zero-order chi connectivity index (χ0) is 41.4. The van der Waals surface area contributed by atoms with E-state index in [-0.39, 0.29) is 25.6 Å². The largest absolute Gasteiger partial charge is 0.472 e. The quantitative estimate of drug-likeness (QED) is 0.0213. The van der Waals surface area contributed by atoms with Gasteiger partial charge in [-0.2, -0.15) is 0 Å². The van der Waals surface area contributed by atoms with Crippen LogP contribution in [0.5, 0.6) is 0 Å². The third kappa shape index (κ3) is 42.4. The average molecular weight is 817 g/mol. The first-order valence-corrected chi connectivity index (χ1v) is 24.9. The Morgan fingerprint density at radius 2 is 0.911 bits per heavy atom. The number of carbonyl (C=O) groups excluding carboxylic acids is 2. The summed E-state index contributed by atoms with van der Waals surface area (Å²) < 4.78 is 34.2. The number of phosphoric acid groups is 1. The van der Waals surface area contributed by atoms with Gasteiger partial charge in [0.25, 0.3) is 0 Å². The highest BCUT2D eigenvalue weighted by Crippen LogP contribution is 2.43. The minimum atomic E-state index is -4.36. The van der Waals surface area contributed by atoms with E-state index in [4.69, 9.17) is 18.5 Å². The van der Waals surface area contributed by atoms with Crippen LogP contribution in [0.2, 0.25) is 0 Å². The van der Waals surface area contributed by atoms with Gasteiger partial charge in [-0.1, -0.05) is 180 Å². The maximum Gasteiger partial charge on any atom is 0.472 e. The lowest BCUT2D eigenvalue weighted by Crippen LogP contribution is -2.37. The zero-order valence-corrected chi connectivity index (χ0v) is 38.3. The Balaban J connectivity index is 4.06. The number of rotatable bonds is 43. The van der Waals surface area contributed by atoms with E-state index in [1.807, 2.05) is 21.1 Å². The van der Waals surface area contributed by atoms with Gasteiger partial charge in [0.1, 0.15) is 19.8 Å². The van der Waals surface area contributed by atoms with E-state index in [1.165, 1.54) is 154 Å². The topological polar surface area (TPSA) is 108 Å². The molecule has 56 heavy (non-hydrogen) atoms. The molecule has 10 heteroatoms. The molecule has 332 valence electrons. The fourth-order valence-corrected chi connectivity index (χ4v) is 7.34. The number of unbranched alkanes of at least 4 members (excludes halogenated alkanes) is 27. The second-order valence-corrected chi connectivity index (χ2v) is 18.6. The van der Waals surface area contributed by atoms with Crippen molar-refractivity contribution in [3.05, 3.63) is 12.2 Å². The third-order valence-electron chi connectivity index (χ3n) is 10.3. The molecule has 0 aromatic heterocycles. The highest BCUT2D eigenvalue weighted by Gasteiger charge is 2.27. The molecule has 2 atom stereocenters. The Morgan fingerprint density at radius 3 is 1.32 bits per heavy atom. The summed E-state index contributed by atoms with van der Waals surface area (Å²) in [5.41, 5.74) is 0. The molecule has 0 fully saturated rings. The summed E-state index contributed by atoms with van der Waals surface area (Å²) in [5, 5.41) is 0. The van der Waals surface area contributed by atoms with Crippen molar-refractivity contribution < 1.29 is 42.1 Å². The van der Waals surface area contributed by atoms with Crippen molar-refractivity contribution in [1.29, 1.82) is 0 Å². The zero-order valence-electron chi connectivity index (χ0n) is 37.4. The van der Waals surface area contributed by atoms with E-state index >= 15 is 0 Å². The number of phosphoric ester groups is 1. The lowest BCUT2D eigenvalue weighted by Gasteiger charge is -2.24. The Labute approximate surface area is 346 Å². The van der Waals surface area contributed by atoms with E-state index < -0.39 is 26.5 Å². The van der Waals surface area contributed by atoms with Crippen molar-refractivity contribution >= 4 is 19.8 Å². The lowest BCUT2D eigenvalue weighted by molar-refractivity contribution is -0.870. The minimum Gasteiger partial charge on any atom is -0.462 e. The standard InChI is InChI=1S/C46H90NO8P/c1-6-8-10-12-14-15-16-17-18-19-20-21-22-23-24-25-26-27-28-29-30-31-33-35-37-39-46(49)55-44(43-54-56(50,51)53-41-40-47(3,4)5)42-52-45(48)38-36-34-32-13-11-9-7-2/h19-20,44H,6-18,21-43H2,1-5H3/p+1/b20-19-. The molecule has 0 aliphatic rings.